The summed E-state index contributed by atoms with van der Waals surface area (Å²) in [5.74, 6) is 3.03. The highest BCUT2D eigenvalue weighted by molar-refractivity contribution is 5.98. The molecule has 0 N–H and O–H groups in total. The van der Waals surface area contributed by atoms with Gasteiger partial charge in [-0.3, -0.25) is 0 Å². The van der Waals surface area contributed by atoms with Gasteiger partial charge in [0.25, 0.3) is 0 Å². The highest BCUT2D eigenvalue weighted by Crippen LogP contribution is 2.39. The van der Waals surface area contributed by atoms with E-state index in [1.54, 1.807) is 13.3 Å². The van der Waals surface area contributed by atoms with Crippen molar-refractivity contribution in [3.63, 3.8) is 0 Å². The first-order valence-electron chi connectivity index (χ1n) is 13.9. The highest BCUT2D eigenvalue weighted by atomic mass is 16.5. The van der Waals surface area contributed by atoms with E-state index in [-0.39, 0.29) is 5.41 Å². The number of hydrogen-bond donors (Lipinski definition) is 0. The molecule has 1 aromatic heterocycles. The van der Waals surface area contributed by atoms with Gasteiger partial charge >= 0.3 is 0 Å². The molecule has 2 saturated heterocycles. The predicted octanol–water partition coefficient (Wildman–Crippen LogP) is 6.61. The Morgan fingerprint density at radius 2 is 1.46 bits per heavy atom. The number of fused-ring (bicyclic) bond motifs is 1. The van der Waals surface area contributed by atoms with Crippen LogP contribution in [0, 0.1) is 0 Å². The van der Waals surface area contributed by atoms with Crippen molar-refractivity contribution < 1.29 is 9.47 Å². The fourth-order valence-electron chi connectivity index (χ4n) is 5.58. The molecule has 6 rings (SSSR count). The van der Waals surface area contributed by atoms with Crippen LogP contribution in [-0.2, 0) is 5.41 Å². The van der Waals surface area contributed by atoms with E-state index in [1.807, 2.05) is 6.07 Å². The lowest BCUT2D eigenvalue weighted by atomic mass is 9.86. The molecule has 202 valence electrons. The summed E-state index contributed by atoms with van der Waals surface area (Å²) in [6.07, 6.45) is 4.15. The van der Waals surface area contributed by atoms with E-state index in [0.717, 1.165) is 61.4 Å². The monoisotopic (exact) mass is 523 g/mol. The smallest absolute Gasteiger partial charge is 0.228 e. The van der Waals surface area contributed by atoms with Gasteiger partial charge in [0.1, 0.15) is 11.5 Å². The maximum Gasteiger partial charge on any atom is 0.228 e. The van der Waals surface area contributed by atoms with Gasteiger partial charge in [-0.1, -0.05) is 51.1 Å². The Balaban J connectivity index is 1.27. The Bertz CT molecular complexity index is 1480. The molecular formula is C32H37N5O2. The summed E-state index contributed by atoms with van der Waals surface area (Å²) in [6, 6.07) is 21.1. The first kappa shape index (κ1) is 25.3. The first-order chi connectivity index (χ1) is 18.9. The van der Waals surface area contributed by atoms with E-state index >= 15 is 0 Å². The van der Waals surface area contributed by atoms with E-state index in [1.165, 1.54) is 29.5 Å². The topological polar surface area (TPSA) is 54.0 Å². The number of methoxy groups -OCH3 is 1. The first-order valence-corrected chi connectivity index (χ1v) is 13.9. The molecule has 0 saturated carbocycles. The standard InChI is InChI=1S/C32H37N5O2/c1-32(2,3)23-11-13-29(38-4)27(21-23)37-20-19-36(22-37)26-12-14-28(25-10-6-5-9-24(25)26)39-30-15-16-33-31(34-30)35-17-7-8-18-35/h5-6,9-16,21H,7-8,17-20,22H2,1-4H3. The molecule has 7 heteroatoms. The Morgan fingerprint density at radius 1 is 0.744 bits per heavy atom. The molecule has 0 spiro atoms. The average molecular weight is 524 g/mol. The van der Waals surface area contributed by atoms with Crippen LogP contribution >= 0.6 is 0 Å². The summed E-state index contributed by atoms with van der Waals surface area (Å²) in [5.41, 5.74) is 3.73. The summed E-state index contributed by atoms with van der Waals surface area (Å²) >= 11 is 0. The molecule has 3 aromatic carbocycles. The number of ether oxygens (including phenoxy) is 2. The minimum Gasteiger partial charge on any atom is -0.495 e. The third-order valence-electron chi connectivity index (χ3n) is 7.79. The van der Waals surface area contributed by atoms with Gasteiger partial charge in [0.2, 0.25) is 11.8 Å². The van der Waals surface area contributed by atoms with Crippen LogP contribution in [0.5, 0.6) is 17.4 Å². The maximum atomic E-state index is 6.35. The second-order valence-electron chi connectivity index (χ2n) is 11.4. The molecule has 0 radical (unpaired) electrons. The van der Waals surface area contributed by atoms with Crippen molar-refractivity contribution in [3.8, 4) is 17.4 Å². The van der Waals surface area contributed by atoms with Crippen LogP contribution in [-0.4, -0.2) is 49.9 Å². The van der Waals surface area contributed by atoms with Gasteiger partial charge < -0.3 is 24.2 Å². The molecule has 0 aliphatic carbocycles. The summed E-state index contributed by atoms with van der Waals surface area (Å²) in [4.78, 5) is 16.2. The molecule has 39 heavy (non-hydrogen) atoms. The van der Waals surface area contributed by atoms with Crippen molar-refractivity contribution >= 4 is 28.1 Å². The average Bonchev–Trinajstić information content (AvgIpc) is 3.66. The lowest BCUT2D eigenvalue weighted by Gasteiger charge is -2.27. The molecule has 0 amide bonds. The summed E-state index contributed by atoms with van der Waals surface area (Å²) in [6.45, 7) is 11.4. The SMILES string of the molecule is COc1ccc(C(C)(C)C)cc1N1CCN(c2ccc(Oc3ccnc(N4CCCC4)n3)c3ccccc23)C1. The second kappa shape index (κ2) is 10.3. The van der Waals surface area contributed by atoms with Crippen molar-refractivity contribution in [2.45, 2.75) is 39.0 Å². The van der Waals surface area contributed by atoms with Crippen LogP contribution in [0.1, 0.15) is 39.2 Å². The van der Waals surface area contributed by atoms with Gasteiger partial charge in [-0.2, -0.15) is 4.98 Å². The Hall–Kier alpha value is -4.00. The zero-order valence-corrected chi connectivity index (χ0v) is 23.4. The van der Waals surface area contributed by atoms with Gasteiger partial charge in [0.15, 0.2) is 0 Å². The number of aromatic nitrogens is 2. The van der Waals surface area contributed by atoms with Crippen molar-refractivity contribution in [2.75, 3.05) is 54.7 Å². The van der Waals surface area contributed by atoms with Crippen LogP contribution in [0.4, 0.5) is 17.3 Å². The van der Waals surface area contributed by atoms with Gasteiger partial charge in [-0.25, -0.2) is 4.98 Å². The Morgan fingerprint density at radius 3 is 2.21 bits per heavy atom. The molecular weight excluding hydrogens is 486 g/mol. The van der Waals surface area contributed by atoms with Gasteiger partial charge in [0, 0.05) is 54.9 Å². The van der Waals surface area contributed by atoms with Crippen molar-refractivity contribution in [2.24, 2.45) is 0 Å². The zero-order valence-electron chi connectivity index (χ0n) is 23.4. The third-order valence-corrected chi connectivity index (χ3v) is 7.79. The fraction of sp³-hybridized carbons (Fsp3) is 0.375. The van der Waals surface area contributed by atoms with E-state index < -0.39 is 0 Å². The Kier molecular flexibility index (Phi) is 6.67. The number of anilines is 3. The van der Waals surface area contributed by atoms with Gasteiger partial charge in [-0.05, 0) is 48.1 Å². The zero-order chi connectivity index (χ0) is 27.0. The lowest BCUT2D eigenvalue weighted by Crippen LogP contribution is -2.26. The van der Waals surface area contributed by atoms with Crippen molar-refractivity contribution in [1.82, 2.24) is 9.97 Å². The molecule has 7 nitrogen and oxygen atoms in total. The largest absolute Gasteiger partial charge is 0.495 e. The highest BCUT2D eigenvalue weighted by Gasteiger charge is 2.26. The van der Waals surface area contributed by atoms with Crippen molar-refractivity contribution in [1.29, 1.82) is 0 Å². The number of rotatable bonds is 6. The summed E-state index contributed by atoms with van der Waals surface area (Å²) < 4.78 is 12.1. The molecule has 2 fully saturated rings. The molecule has 3 heterocycles. The predicted molar refractivity (Wildman–Crippen MR) is 159 cm³/mol. The maximum absolute atomic E-state index is 6.35. The van der Waals surface area contributed by atoms with E-state index in [0.29, 0.717) is 5.88 Å². The molecule has 2 aliphatic rings. The number of nitrogens with zero attached hydrogens (tertiary/aromatic N) is 5. The molecule has 0 unspecified atom stereocenters. The minimum atomic E-state index is 0.0748. The van der Waals surface area contributed by atoms with Crippen LogP contribution in [0.25, 0.3) is 10.8 Å². The van der Waals surface area contributed by atoms with Crippen molar-refractivity contribution in [3.05, 3.63) is 72.4 Å². The summed E-state index contributed by atoms with van der Waals surface area (Å²) in [5, 5.41) is 2.24. The molecule has 0 bridgehead atoms. The third kappa shape index (κ3) is 5.05. The number of benzene rings is 3. The minimum absolute atomic E-state index is 0.0748. The fourth-order valence-corrected chi connectivity index (χ4v) is 5.58. The van der Waals surface area contributed by atoms with Crippen LogP contribution in [0.2, 0.25) is 0 Å². The number of hydrogen-bond acceptors (Lipinski definition) is 7. The van der Waals surface area contributed by atoms with E-state index in [4.69, 9.17) is 14.5 Å². The quantitative estimate of drug-likeness (QED) is 0.282. The Labute approximate surface area is 231 Å². The van der Waals surface area contributed by atoms with Crippen LogP contribution in [0.15, 0.2) is 66.9 Å². The lowest BCUT2D eigenvalue weighted by molar-refractivity contribution is 0.414. The van der Waals surface area contributed by atoms with Gasteiger partial charge in [0.05, 0.1) is 19.5 Å². The summed E-state index contributed by atoms with van der Waals surface area (Å²) in [7, 11) is 1.75. The second-order valence-corrected chi connectivity index (χ2v) is 11.4. The normalized spacial score (nSPS) is 15.8. The molecule has 2 aliphatic heterocycles. The van der Waals surface area contributed by atoms with Gasteiger partial charge in [-0.15, -0.1) is 0 Å². The van der Waals surface area contributed by atoms with Crippen LogP contribution in [0.3, 0.4) is 0 Å². The van der Waals surface area contributed by atoms with Crippen LogP contribution < -0.4 is 24.2 Å². The molecule has 0 atom stereocenters. The molecule has 4 aromatic rings. The van der Waals surface area contributed by atoms with E-state index in [9.17, 15) is 0 Å². The van der Waals surface area contributed by atoms with E-state index in [2.05, 4.69) is 95.1 Å².